The fourth-order valence-electron chi connectivity index (χ4n) is 0.634. The van der Waals surface area contributed by atoms with Crippen molar-refractivity contribution in [3.63, 3.8) is 0 Å². The molecule has 0 aromatic heterocycles. The topological polar surface area (TPSA) is 75.6 Å². The lowest BCUT2D eigenvalue weighted by Crippen LogP contribution is -2.53. The molecule has 0 saturated carbocycles. The quantitative estimate of drug-likeness (QED) is 0.469. The second-order valence-electron chi connectivity index (χ2n) is 3.21. The van der Waals surface area contributed by atoms with E-state index in [9.17, 15) is 14.7 Å². The number of nitrogens with one attached hydrogen (secondary N) is 1. The molecule has 5 nitrogen and oxygen atoms in total. The summed E-state index contributed by atoms with van der Waals surface area (Å²) >= 11 is 0. The van der Waals surface area contributed by atoms with Crippen LogP contribution in [0.2, 0.25) is 0 Å². The Morgan fingerprint density at radius 2 is 1.92 bits per heavy atom. The molecule has 0 bridgehead atoms. The highest BCUT2D eigenvalue weighted by atomic mass is 16.5. The zero-order valence-electron chi connectivity index (χ0n) is 8.25. The smallest absolute Gasteiger partial charge is 0.359 e. The van der Waals surface area contributed by atoms with Gasteiger partial charge in [-0.25, -0.2) is 4.79 Å². The van der Waals surface area contributed by atoms with E-state index in [2.05, 4.69) is 10.1 Å². The third-order valence-electron chi connectivity index (χ3n) is 1.47. The zero-order chi connectivity index (χ0) is 10.6. The largest absolute Gasteiger partial charge is 0.465 e. The third kappa shape index (κ3) is 3.42. The number of methoxy groups -OCH3 is 1. The summed E-state index contributed by atoms with van der Waals surface area (Å²) in [5, 5.41) is 11.5. The van der Waals surface area contributed by atoms with Crippen molar-refractivity contribution in [3.05, 3.63) is 0 Å². The van der Waals surface area contributed by atoms with E-state index in [1.54, 1.807) is 13.8 Å². The molecule has 0 radical (unpaired) electrons. The monoisotopic (exact) mass is 189 g/mol. The van der Waals surface area contributed by atoms with Crippen LogP contribution in [-0.4, -0.2) is 29.8 Å². The van der Waals surface area contributed by atoms with E-state index in [1.807, 2.05) is 0 Å². The van der Waals surface area contributed by atoms with Gasteiger partial charge in [0.05, 0.1) is 7.11 Å². The maximum atomic E-state index is 11.1. The Bertz CT molecular complexity index is 210. The van der Waals surface area contributed by atoms with Crippen molar-refractivity contribution < 1.29 is 19.4 Å². The number of ether oxygens (including phenoxy) is 1. The van der Waals surface area contributed by atoms with Gasteiger partial charge in [0.2, 0.25) is 11.6 Å². The molecule has 0 fully saturated rings. The molecule has 0 aromatic rings. The van der Waals surface area contributed by atoms with Gasteiger partial charge in [-0.2, -0.15) is 0 Å². The first-order valence-electron chi connectivity index (χ1n) is 3.94. The van der Waals surface area contributed by atoms with Gasteiger partial charge in [0.15, 0.2) is 0 Å². The molecule has 5 heteroatoms. The molecule has 0 unspecified atom stereocenters. The van der Waals surface area contributed by atoms with E-state index in [0.717, 1.165) is 7.11 Å². The van der Waals surface area contributed by atoms with E-state index in [1.165, 1.54) is 6.92 Å². The molecule has 1 atom stereocenters. The number of aliphatic hydroxyl groups is 1. The molecule has 0 spiro atoms. The van der Waals surface area contributed by atoms with Crippen molar-refractivity contribution in [1.82, 2.24) is 5.32 Å². The number of esters is 1. The third-order valence-corrected chi connectivity index (χ3v) is 1.47. The molecule has 0 rings (SSSR count). The first-order valence-corrected chi connectivity index (χ1v) is 3.94. The van der Waals surface area contributed by atoms with Gasteiger partial charge in [-0.15, -0.1) is 0 Å². The van der Waals surface area contributed by atoms with Crippen LogP contribution in [0.3, 0.4) is 0 Å². The van der Waals surface area contributed by atoms with Crippen LogP contribution in [0, 0.1) is 5.92 Å². The van der Waals surface area contributed by atoms with Crippen LogP contribution in [0.25, 0.3) is 0 Å². The molecule has 13 heavy (non-hydrogen) atoms. The fraction of sp³-hybridized carbons (Fsp3) is 0.750. The summed E-state index contributed by atoms with van der Waals surface area (Å²) in [5.41, 5.74) is -1.95. The highest BCUT2D eigenvalue weighted by molar-refractivity contribution is 5.86. The molecule has 0 aliphatic heterocycles. The van der Waals surface area contributed by atoms with Crippen LogP contribution in [0.1, 0.15) is 20.8 Å². The van der Waals surface area contributed by atoms with Crippen LogP contribution >= 0.6 is 0 Å². The van der Waals surface area contributed by atoms with Gasteiger partial charge in [0.1, 0.15) is 0 Å². The average molecular weight is 189 g/mol. The van der Waals surface area contributed by atoms with Crippen LogP contribution < -0.4 is 5.32 Å². The number of hydrogen-bond donors (Lipinski definition) is 2. The summed E-state index contributed by atoms with van der Waals surface area (Å²) in [6.07, 6.45) is 0. The van der Waals surface area contributed by atoms with E-state index < -0.39 is 17.6 Å². The number of amides is 1. The number of rotatable bonds is 3. The van der Waals surface area contributed by atoms with Crippen LogP contribution in [-0.2, 0) is 14.3 Å². The van der Waals surface area contributed by atoms with Crippen molar-refractivity contribution >= 4 is 11.9 Å². The zero-order valence-corrected chi connectivity index (χ0v) is 8.25. The lowest BCUT2D eigenvalue weighted by atomic mass is 10.1. The van der Waals surface area contributed by atoms with Crippen molar-refractivity contribution in [3.8, 4) is 0 Å². The Morgan fingerprint density at radius 1 is 1.46 bits per heavy atom. The lowest BCUT2D eigenvalue weighted by Gasteiger charge is -2.22. The van der Waals surface area contributed by atoms with E-state index >= 15 is 0 Å². The minimum Gasteiger partial charge on any atom is -0.465 e. The van der Waals surface area contributed by atoms with Crippen LogP contribution in [0.5, 0.6) is 0 Å². The molecule has 0 saturated heterocycles. The molecular formula is C8H15NO4. The van der Waals surface area contributed by atoms with Crippen LogP contribution in [0.4, 0.5) is 0 Å². The van der Waals surface area contributed by atoms with Gasteiger partial charge in [-0.1, -0.05) is 13.8 Å². The molecular weight excluding hydrogens is 174 g/mol. The minimum absolute atomic E-state index is 0.295. The maximum Gasteiger partial charge on any atom is 0.359 e. The number of carbonyl (C=O) groups is 2. The maximum absolute atomic E-state index is 11.1. The number of hydrogen-bond acceptors (Lipinski definition) is 4. The summed E-state index contributed by atoms with van der Waals surface area (Å²) in [4.78, 5) is 22.0. The number of carbonyl (C=O) groups excluding carboxylic acids is 2. The van der Waals surface area contributed by atoms with Crippen molar-refractivity contribution in [1.29, 1.82) is 0 Å². The molecule has 0 aliphatic carbocycles. The highest BCUT2D eigenvalue weighted by Gasteiger charge is 2.33. The molecule has 0 heterocycles. The second kappa shape index (κ2) is 4.23. The standard InChI is InChI=1S/C8H15NO4/c1-5(2)6(10)9-8(3,12)7(11)13-4/h5,12H,1-4H3,(H,9,10)/t8-/m1/s1. The van der Waals surface area contributed by atoms with Gasteiger partial charge < -0.3 is 15.2 Å². The Morgan fingerprint density at radius 3 is 2.23 bits per heavy atom. The predicted molar refractivity (Wildman–Crippen MR) is 45.6 cm³/mol. The summed E-state index contributed by atoms with van der Waals surface area (Å²) in [7, 11) is 1.14. The summed E-state index contributed by atoms with van der Waals surface area (Å²) in [5.74, 6) is -1.59. The molecule has 0 aromatic carbocycles. The first-order chi connectivity index (χ1) is 5.81. The van der Waals surface area contributed by atoms with Gasteiger partial charge in [0, 0.05) is 5.92 Å². The second-order valence-corrected chi connectivity index (χ2v) is 3.21. The predicted octanol–water partition coefficient (Wildman–Crippen LogP) is -0.360. The van der Waals surface area contributed by atoms with Gasteiger partial charge >= 0.3 is 5.97 Å². The summed E-state index contributed by atoms with van der Waals surface area (Å²) < 4.78 is 4.29. The summed E-state index contributed by atoms with van der Waals surface area (Å²) in [6, 6.07) is 0. The fourth-order valence-corrected chi connectivity index (χ4v) is 0.634. The molecule has 1 amide bonds. The van der Waals surface area contributed by atoms with Gasteiger partial charge in [-0.05, 0) is 6.92 Å². The van der Waals surface area contributed by atoms with Crippen LogP contribution in [0.15, 0.2) is 0 Å². The van der Waals surface area contributed by atoms with E-state index in [0.29, 0.717) is 0 Å². The average Bonchev–Trinajstić information content (AvgIpc) is 2.01. The van der Waals surface area contributed by atoms with Crippen molar-refractivity contribution in [2.24, 2.45) is 5.92 Å². The Balaban J connectivity index is 4.33. The normalized spacial score (nSPS) is 14.9. The van der Waals surface area contributed by atoms with Gasteiger partial charge in [-0.3, -0.25) is 4.79 Å². The summed E-state index contributed by atoms with van der Waals surface area (Å²) in [6.45, 7) is 4.48. The highest BCUT2D eigenvalue weighted by Crippen LogP contribution is 2.03. The first kappa shape index (κ1) is 11.9. The molecule has 2 N–H and O–H groups in total. The van der Waals surface area contributed by atoms with Crippen molar-refractivity contribution in [2.75, 3.05) is 7.11 Å². The lowest BCUT2D eigenvalue weighted by molar-refractivity contribution is -0.167. The Kier molecular flexibility index (Phi) is 3.87. The Hall–Kier alpha value is -1.10. The molecule has 76 valence electrons. The SMILES string of the molecule is COC(=O)[C@@](C)(O)NC(=O)C(C)C. The van der Waals surface area contributed by atoms with E-state index in [4.69, 9.17) is 0 Å². The minimum atomic E-state index is -1.95. The van der Waals surface area contributed by atoms with Gasteiger partial charge in [0.25, 0.3) is 0 Å². The van der Waals surface area contributed by atoms with Crippen molar-refractivity contribution in [2.45, 2.75) is 26.5 Å². The molecule has 0 aliphatic rings. The Labute approximate surface area is 77.1 Å². The van der Waals surface area contributed by atoms with E-state index in [-0.39, 0.29) is 5.92 Å².